The molecule has 0 heterocycles. The van der Waals surface area contributed by atoms with Crippen molar-refractivity contribution in [2.24, 2.45) is 0 Å². The Morgan fingerprint density at radius 2 is 1.00 bits per heavy atom. The number of hydrogen-bond donors (Lipinski definition) is 6. The molecule has 0 bridgehead atoms. The van der Waals surface area contributed by atoms with Gasteiger partial charge in [-0.2, -0.15) is 0 Å². The zero-order chi connectivity index (χ0) is 11.0. The molecule has 0 saturated heterocycles. The summed E-state index contributed by atoms with van der Waals surface area (Å²) >= 11 is -2.81. The number of rotatable bonds is 1. The summed E-state index contributed by atoms with van der Waals surface area (Å²) in [7, 11) is 0. The summed E-state index contributed by atoms with van der Waals surface area (Å²) in [5, 5.41) is 44.8. The Balaban J connectivity index is 3.68. The maximum Gasteiger partial charge on any atom is 0.208 e. The van der Waals surface area contributed by atoms with Crippen LogP contribution in [0.25, 0.3) is 0 Å². The van der Waals surface area contributed by atoms with Crippen molar-refractivity contribution in [1.29, 1.82) is 0 Å². The normalized spacial score (nSPS) is 12.6. The zero-order valence-corrected chi connectivity index (χ0v) is 7.32. The fourth-order valence-electron chi connectivity index (χ4n) is 0.829. The first kappa shape index (κ1) is 10.4. The molecule has 1 rings (SSSR count). The summed E-state index contributed by atoms with van der Waals surface area (Å²) in [5.41, 5.74) is 0. The molecule has 0 aliphatic carbocycles. The standard InChI is InChI=1S/C6H6O7S/c7-1-2(8)4(10)6(14(12)13)5(11)3(1)9/h7-11H,(H,12,13). The Kier molecular flexibility index (Phi) is 2.41. The third-order valence-corrected chi connectivity index (χ3v) is 2.24. The molecule has 1 aromatic rings. The second-order valence-electron chi connectivity index (χ2n) is 2.32. The largest absolute Gasteiger partial charge is 0.503 e. The van der Waals surface area contributed by atoms with Gasteiger partial charge in [-0.25, -0.2) is 4.21 Å². The Labute approximate surface area is 79.8 Å². The lowest BCUT2D eigenvalue weighted by Gasteiger charge is -2.08. The Bertz CT molecular complexity index is 384. The van der Waals surface area contributed by atoms with Gasteiger partial charge in [-0.1, -0.05) is 0 Å². The van der Waals surface area contributed by atoms with Gasteiger partial charge in [0.2, 0.25) is 17.2 Å². The maximum atomic E-state index is 10.5. The van der Waals surface area contributed by atoms with E-state index in [4.69, 9.17) is 30.1 Å². The van der Waals surface area contributed by atoms with Crippen LogP contribution >= 0.6 is 0 Å². The molecule has 0 radical (unpaired) electrons. The zero-order valence-electron chi connectivity index (χ0n) is 6.50. The predicted octanol–water partition coefficient (Wildman–Crippen LogP) is -0.205. The molecule has 0 aromatic heterocycles. The molecule has 1 atom stereocenters. The summed E-state index contributed by atoms with van der Waals surface area (Å²) in [6.45, 7) is 0. The fourth-order valence-corrected chi connectivity index (χ4v) is 1.35. The topological polar surface area (TPSA) is 138 Å². The summed E-state index contributed by atoms with van der Waals surface area (Å²) in [6, 6.07) is 0. The van der Waals surface area contributed by atoms with Gasteiger partial charge in [-0.15, -0.1) is 0 Å². The van der Waals surface area contributed by atoms with Crippen LogP contribution in [0.5, 0.6) is 28.7 Å². The molecule has 1 unspecified atom stereocenters. The van der Waals surface area contributed by atoms with Gasteiger partial charge in [0.05, 0.1) is 0 Å². The monoisotopic (exact) mass is 222 g/mol. The lowest BCUT2D eigenvalue weighted by molar-refractivity contribution is 0.317. The van der Waals surface area contributed by atoms with Crippen molar-refractivity contribution < 1.29 is 34.3 Å². The van der Waals surface area contributed by atoms with E-state index in [2.05, 4.69) is 0 Å². The SMILES string of the molecule is O=S(O)c1c(O)c(O)c(O)c(O)c1O. The van der Waals surface area contributed by atoms with Gasteiger partial charge in [-0.05, 0) is 0 Å². The summed E-state index contributed by atoms with van der Waals surface area (Å²) < 4.78 is 19.1. The third kappa shape index (κ3) is 1.30. The molecule has 0 aliphatic rings. The second kappa shape index (κ2) is 3.24. The molecule has 6 N–H and O–H groups in total. The fraction of sp³-hybridized carbons (Fsp3) is 0. The minimum Gasteiger partial charge on any atom is -0.503 e. The number of hydrogen-bond acceptors (Lipinski definition) is 6. The van der Waals surface area contributed by atoms with Crippen molar-refractivity contribution in [2.45, 2.75) is 4.90 Å². The Morgan fingerprint density at radius 1 is 0.714 bits per heavy atom. The van der Waals surface area contributed by atoms with Gasteiger partial charge < -0.3 is 30.1 Å². The van der Waals surface area contributed by atoms with Gasteiger partial charge in [0.1, 0.15) is 0 Å². The lowest BCUT2D eigenvalue weighted by atomic mass is 10.2. The molecule has 0 spiro atoms. The van der Waals surface area contributed by atoms with Crippen molar-refractivity contribution in [3.8, 4) is 28.7 Å². The lowest BCUT2D eigenvalue weighted by Crippen LogP contribution is -1.91. The van der Waals surface area contributed by atoms with Crippen LogP contribution in [-0.2, 0) is 11.1 Å². The second-order valence-corrected chi connectivity index (χ2v) is 3.23. The van der Waals surface area contributed by atoms with Crippen LogP contribution in [0.3, 0.4) is 0 Å². The van der Waals surface area contributed by atoms with E-state index in [1.54, 1.807) is 0 Å². The Hall–Kier alpha value is -1.67. The first-order chi connectivity index (χ1) is 6.37. The highest BCUT2D eigenvalue weighted by atomic mass is 32.2. The highest BCUT2D eigenvalue weighted by Gasteiger charge is 2.26. The van der Waals surface area contributed by atoms with Gasteiger partial charge in [0, 0.05) is 0 Å². The molecular formula is C6H6O7S. The molecule has 0 fully saturated rings. The van der Waals surface area contributed by atoms with Crippen molar-refractivity contribution in [1.82, 2.24) is 0 Å². The van der Waals surface area contributed by atoms with Gasteiger partial charge >= 0.3 is 0 Å². The number of phenols is 5. The smallest absolute Gasteiger partial charge is 0.208 e. The van der Waals surface area contributed by atoms with Crippen molar-refractivity contribution in [2.75, 3.05) is 0 Å². The van der Waals surface area contributed by atoms with Crippen LogP contribution in [0.15, 0.2) is 4.90 Å². The highest BCUT2D eigenvalue weighted by molar-refractivity contribution is 7.79. The average Bonchev–Trinajstić information content (AvgIpc) is 2.11. The molecule has 0 aliphatic heterocycles. The molecule has 7 nitrogen and oxygen atoms in total. The van der Waals surface area contributed by atoms with E-state index >= 15 is 0 Å². The van der Waals surface area contributed by atoms with E-state index < -0.39 is 44.7 Å². The van der Waals surface area contributed by atoms with Gasteiger partial charge in [0.15, 0.2) is 27.5 Å². The van der Waals surface area contributed by atoms with Crippen LogP contribution in [0.1, 0.15) is 0 Å². The van der Waals surface area contributed by atoms with Crippen LogP contribution < -0.4 is 0 Å². The minimum atomic E-state index is -2.81. The molecule has 14 heavy (non-hydrogen) atoms. The van der Waals surface area contributed by atoms with Crippen LogP contribution in [0, 0.1) is 0 Å². The summed E-state index contributed by atoms with van der Waals surface area (Å²) in [4.78, 5) is -0.974. The van der Waals surface area contributed by atoms with E-state index in [0.717, 1.165) is 0 Å². The van der Waals surface area contributed by atoms with Crippen LogP contribution in [0.4, 0.5) is 0 Å². The molecule has 0 saturated carbocycles. The van der Waals surface area contributed by atoms with Gasteiger partial charge in [-0.3, -0.25) is 0 Å². The molecular weight excluding hydrogens is 216 g/mol. The van der Waals surface area contributed by atoms with Gasteiger partial charge in [0.25, 0.3) is 0 Å². The van der Waals surface area contributed by atoms with Crippen LogP contribution in [-0.4, -0.2) is 34.3 Å². The molecule has 1 aromatic carbocycles. The van der Waals surface area contributed by atoms with E-state index in [9.17, 15) is 4.21 Å². The predicted molar refractivity (Wildman–Crippen MR) is 43.8 cm³/mol. The van der Waals surface area contributed by atoms with Crippen molar-refractivity contribution in [3.05, 3.63) is 0 Å². The average molecular weight is 222 g/mol. The third-order valence-electron chi connectivity index (χ3n) is 1.50. The quantitative estimate of drug-likeness (QED) is 0.219. The van der Waals surface area contributed by atoms with E-state index in [-0.39, 0.29) is 0 Å². The molecule has 8 heteroatoms. The molecule has 0 amide bonds. The first-order valence-electron chi connectivity index (χ1n) is 3.17. The van der Waals surface area contributed by atoms with E-state index in [1.165, 1.54) is 0 Å². The maximum absolute atomic E-state index is 10.5. The summed E-state index contributed by atoms with van der Waals surface area (Å²) in [5.74, 6) is -5.87. The minimum absolute atomic E-state index is 0.974. The number of aromatic hydroxyl groups is 5. The number of phenolic OH excluding ortho intramolecular Hbond substituents is 5. The number of benzene rings is 1. The van der Waals surface area contributed by atoms with E-state index in [1.807, 2.05) is 0 Å². The van der Waals surface area contributed by atoms with Crippen molar-refractivity contribution >= 4 is 11.1 Å². The highest BCUT2D eigenvalue weighted by Crippen LogP contribution is 2.51. The van der Waals surface area contributed by atoms with Crippen molar-refractivity contribution in [3.63, 3.8) is 0 Å². The van der Waals surface area contributed by atoms with E-state index in [0.29, 0.717) is 0 Å². The Morgan fingerprint density at radius 3 is 1.29 bits per heavy atom. The summed E-state index contributed by atoms with van der Waals surface area (Å²) in [6.07, 6.45) is 0. The first-order valence-corrected chi connectivity index (χ1v) is 4.28. The van der Waals surface area contributed by atoms with Crippen LogP contribution in [0.2, 0.25) is 0 Å². The molecule has 78 valence electrons.